The molecule has 1 saturated heterocycles. The minimum atomic E-state index is -0.398. The van der Waals surface area contributed by atoms with Crippen LogP contribution in [0.1, 0.15) is 29.6 Å². The summed E-state index contributed by atoms with van der Waals surface area (Å²) in [4.78, 5) is 37.6. The Hall–Kier alpha value is -2.44. The van der Waals surface area contributed by atoms with Crippen molar-refractivity contribution >= 4 is 17.7 Å². The molecule has 1 aromatic carbocycles. The Morgan fingerprint density at radius 1 is 1.12 bits per heavy atom. The van der Waals surface area contributed by atoms with Crippen molar-refractivity contribution in [3.63, 3.8) is 0 Å². The monoisotopic (exact) mass is 333 g/mol. The van der Waals surface area contributed by atoms with Crippen molar-refractivity contribution in [3.8, 4) is 0 Å². The van der Waals surface area contributed by atoms with E-state index in [1.807, 2.05) is 0 Å². The van der Waals surface area contributed by atoms with Crippen LogP contribution in [0.25, 0.3) is 0 Å². The van der Waals surface area contributed by atoms with Crippen molar-refractivity contribution in [2.24, 2.45) is 5.92 Å². The second kappa shape index (κ2) is 6.98. The predicted molar refractivity (Wildman–Crippen MR) is 84.6 cm³/mol. The normalized spacial score (nSPS) is 20.1. The van der Waals surface area contributed by atoms with Gasteiger partial charge in [-0.1, -0.05) is 0 Å². The highest BCUT2D eigenvalue weighted by Gasteiger charge is 2.41. The molecule has 2 N–H and O–H groups in total. The van der Waals surface area contributed by atoms with Crippen molar-refractivity contribution in [2.75, 3.05) is 19.6 Å². The number of rotatable bonds is 6. The molecule has 0 bridgehead atoms. The Kier molecular flexibility index (Phi) is 4.78. The molecule has 128 valence electrons. The standard InChI is InChI=1S/C17H20FN3O3/c18-13-3-1-11(2-4-13)16(23)19-7-8-20-17(24)12-9-15(22)21(10-12)14-5-6-14/h1-4,12,14H,5-10H2,(H,19,23)(H,20,24)/t12-/m0/s1. The summed E-state index contributed by atoms with van der Waals surface area (Å²) < 4.78 is 12.8. The lowest BCUT2D eigenvalue weighted by atomic mass is 10.1. The Balaban J connectivity index is 1.37. The van der Waals surface area contributed by atoms with Crippen molar-refractivity contribution < 1.29 is 18.8 Å². The summed E-state index contributed by atoms with van der Waals surface area (Å²) in [7, 11) is 0. The Morgan fingerprint density at radius 2 is 1.79 bits per heavy atom. The largest absolute Gasteiger partial charge is 0.354 e. The van der Waals surface area contributed by atoms with E-state index in [1.54, 1.807) is 4.90 Å². The van der Waals surface area contributed by atoms with Crippen molar-refractivity contribution in [2.45, 2.75) is 25.3 Å². The van der Waals surface area contributed by atoms with E-state index in [-0.39, 0.29) is 36.6 Å². The van der Waals surface area contributed by atoms with E-state index < -0.39 is 5.82 Å². The molecular weight excluding hydrogens is 313 g/mol. The molecule has 1 heterocycles. The molecule has 1 aliphatic heterocycles. The van der Waals surface area contributed by atoms with Crippen LogP contribution in [-0.4, -0.2) is 48.3 Å². The van der Waals surface area contributed by atoms with Crippen LogP contribution < -0.4 is 10.6 Å². The van der Waals surface area contributed by atoms with Gasteiger partial charge in [0.25, 0.3) is 5.91 Å². The first-order chi connectivity index (χ1) is 11.5. The molecule has 1 atom stereocenters. The van der Waals surface area contributed by atoms with Crippen LogP contribution >= 0.6 is 0 Å². The molecule has 1 saturated carbocycles. The third-order valence-electron chi connectivity index (χ3n) is 4.33. The van der Waals surface area contributed by atoms with Crippen molar-refractivity contribution in [3.05, 3.63) is 35.6 Å². The van der Waals surface area contributed by atoms with Gasteiger partial charge < -0.3 is 15.5 Å². The second-order valence-electron chi connectivity index (χ2n) is 6.23. The van der Waals surface area contributed by atoms with Crippen LogP contribution in [0.4, 0.5) is 4.39 Å². The third kappa shape index (κ3) is 3.90. The molecule has 1 aliphatic carbocycles. The van der Waals surface area contributed by atoms with Crippen LogP contribution in [0.15, 0.2) is 24.3 Å². The molecular formula is C17H20FN3O3. The van der Waals surface area contributed by atoms with Gasteiger partial charge in [0, 0.05) is 37.7 Å². The number of likely N-dealkylation sites (tertiary alicyclic amines) is 1. The number of hydrogen-bond acceptors (Lipinski definition) is 3. The second-order valence-corrected chi connectivity index (χ2v) is 6.23. The van der Waals surface area contributed by atoms with Crippen LogP contribution in [0, 0.1) is 11.7 Å². The maximum Gasteiger partial charge on any atom is 0.251 e. The van der Waals surface area contributed by atoms with Crippen molar-refractivity contribution in [1.29, 1.82) is 0 Å². The number of nitrogens with one attached hydrogen (secondary N) is 2. The molecule has 6 nitrogen and oxygen atoms in total. The van der Waals surface area contributed by atoms with Crippen LogP contribution in [0.5, 0.6) is 0 Å². The summed E-state index contributed by atoms with van der Waals surface area (Å²) >= 11 is 0. The average molecular weight is 333 g/mol. The third-order valence-corrected chi connectivity index (χ3v) is 4.33. The molecule has 0 radical (unpaired) electrons. The highest BCUT2D eigenvalue weighted by atomic mass is 19.1. The van der Waals surface area contributed by atoms with Gasteiger partial charge >= 0.3 is 0 Å². The van der Waals surface area contributed by atoms with Gasteiger partial charge in [0.15, 0.2) is 0 Å². The van der Waals surface area contributed by atoms with Gasteiger partial charge in [0.05, 0.1) is 5.92 Å². The van der Waals surface area contributed by atoms with Gasteiger partial charge in [-0.3, -0.25) is 14.4 Å². The topological polar surface area (TPSA) is 78.5 Å². The number of hydrogen-bond donors (Lipinski definition) is 2. The maximum atomic E-state index is 12.8. The number of nitrogens with zero attached hydrogens (tertiary/aromatic N) is 1. The molecule has 7 heteroatoms. The molecule has 0 aromatic heterocycles. The Labute approximate surface area is 139 Å². The van der Waals surface area contributed by atoms with E-state index in [1.165, 1.54) is 24.3 Å². The highest BCUT2D eigenvalue weighted by Crippen LogP contribution is 2.32. The summed E-state index contributed by atoms with van der Waals surface area (Å²) in [6.07, 6.45) is 2.34. The Bertz CT molecular complexity index is 643. The lowest BCUT2D eigenvalue weighted by Crippen LogP contribution is -2.38. The van der Waals surface area contributed by atoms with Gasteiger partial charge in [-0.05, 0) is 37.1 Å². The summed E-state index contributed by atoms with van der Waals surface area (Å²) in [5, 5.41) is 5.41. The molecule has 3 amide bonds. The molecule has 3 rings (SSSR count). The first kappa shape index (κ1) is 16.4. The first-order valence-corrected chi connectivity index (χ1v) is 8.15. The molecule has 2 aliphatic rings. The molecule has 24 heavy (non-hydrogen) atoms. The van der Waals surface area contributed by atoms with E-state index in [9.17, 15) is 18.8 Å². The average Bonchev–Trinajstić information content (AvgIpc) is 3.34. The SMILES string of the molecule is O=C(NCCNC(=O)[C@H]1CC(=O)N(C2CC2)C1)c1ccc(F)cc1. The minimum absolute atomic E-state index is 0.0577. The minimum Gasteiger partial charge on any atom is -0.354 e. The Morgan fingerprint density at radius 3 is 2.46 bits per heavy atom. The van der Waals surface area contributed by atoms with E-state index in [4.69, 9.17) is 0 Å². The molecule has 2 fully saturated rings. The zero-order valence-corrected chi connectivity index (χ0v) is 13.3. The molecule has 0 spiro atoms. The van der Waals surface area contributed by atoms with Crippen LogP contribution in [0.2, 0.25) is 0 Å². The van der Waals surface area contributed by atoms with E-state index >= 15 is 0 Å². The maximum absolute atomic E-state index is 12.8. The number of amides is 3. The zero-order chi connectivity index (χ0) is 17.1. The van der Waals surface area contributed by atoms with Gasteiger partial charge in [0.2, 0.25) is 11.8 Å². The lowest BCUT2D eigenvalue weighted by Gasteiger charge is -2.15. The molecule has 1 aromatic rings. The fourth-order valence-electron chi connectivity index (χ4n) is 2.86. The number of carbonyl (C=O) groups is 3. The highest BCUT2D eigenvalue weighted by molar-refractivity contribution is 5.94. The number of halogens is 1. The fraction of sp³-hybridized carbons (Fsp3) is 0.471. The number of benzene rings is 1. The number of carbonyl (C=O) groups excluding carboxylic acids is 3. The molecule has 0 unspecified atom stereocenters. The van der Waals surface area contributed by atoms with E-state index in [2.05, 4.69) is 10.6 Å². The van der Waals surface area contributed by atoms with Crippen LogP contribution in [-0.2, 0) is 9.59 Å². The van der Waals surface area contributed by atoms with Crippen LogP contribution in [0.3, 0.4) is 0 Å². The first-order valence-electron chi connectivity index (χ1n) is 8.15. The zero-order valence-electron chi connectivity index (χ0n) is 13.3. The summed E-state index contributed by atoms with van der Waals surface area (Å²) in [5.41, 5.74) is 0.365. The summed E-state index contributed by atoms with van der Waals surface area (Å²) in [6.45, 7) is 1.06. The quantitative estimate of drug-likeness (QED) is 0.752. The van der Waals surface area contributed by atoms with E-state index in [0.29, 0.717) is 24.7 Å². The lowest BCUT2D eigenvalue weighted by molar-refractivity contribution is -0.129. The van der Waals surface area contributed by atoms with E-state index in [0.717, 1.165) is 12.8 Å². The van der Waals surface area contributed by atoms with Gasteiger partial charge in [-0.15, -0.1) is 0 Å². The van der Waals surface area contributed by atoms with Crippen molar-refractivity contribution in [1.82, 2.24) is 15.5 Å². The smallest absolute Gasteiger partial charge is 0.251 e. The summed E-state index contributed by atoms with van der Waals surface area (Å²) in [6, 6.07) is 5.59. The fourth-order valence-corrected chi connectivity index (χ4v) is 2.86. The van der Waals surface area contributed by atoms with Gasteiger partial charge in [-0.25, -0.2) is 4.39 Å². The summed E-state index contributed by atoms with van der Waals surface area (Å²) in [5.74, 6) is -1.11. The van der Waals surface area contributed by atoms with Gasteiger partial charge in [-0.2, -0.15) is 0 Å². The van der Waals surface area contributed by atoms with Gasteiger partial charge in [0.1, 0.15) is 5.82 Å². The predicted octanol–water partition coefficient (Wildman–Crippen LogP) is 0.683.